The van der Waals surface area contributed by atoms with Crippen molar-refractivity contribution in [1.82, 2.24) is 4.98 Å². The van der Waals surface area contributed by atoms with Crippen LogP contribution in [0.4, 0.5) is 5.69 Å². The predicted octanol–water partition coefficient (Wildman–Crippen LogP) is 4.21. The standard InChI is InChI=1S/C15H11ClN2O2S/c1-20-10-7-9-3-2-6-17-14(9)11(8-10)18-15(19)12-4-5-13(16)21-12/h2-8H,1H3,(H,18,19). The van der Waals surface area contributed by atoms with E-state index in [4.69, 9.17) is 16.3 Å². The molecule has 2 aromatic heterocycles. The highest BCUT2D eigenvalue weighted by Crippen LogP contribution is 2.29. The third-order valence-corrected chi connectivity index (χ3v) is 4.19. The van der Waals surface area contributed by atoms with Crippen LogP contribution in [0.15, 0.2) is 42.6 Å². The van der Waals surface area contributed by atoms with E-state index in [9.17, 15) is 4.79 Å². The summed E-state index contributed by atoms with van der Waals surface area (Å²) in [7, 11) is 1.59. The number of carbonyl (C=O) groups is 1. The minimum atomic E-state index is -0.216. The lowest BCUT2D eigenvalue weighted by Crippen LogP contribution is -2.10. The van der Waals surface area contributed by atoms with Gasteiger partial charge < -0.3 is 10.1 Å². The quantitative estimate of drug-likeness (QED) is 0.787. The smallest absolute Gasteiger partial charge is 0.265 e. The molecular formula is C15H11ClN2O2S. The fourth-order valence-corrected chi connectivity index (χ4v) is 2.94. The third-order valence-electron chi connectivity index (χ3n) is 2.96. The van der Waals surface area contributed by atoms with E-state index in [-0.39, 0.29) is 5.91 Å². The van der Waals surface area contributed by atoms with Crippen LogP contribution in [0.5, 0.6) is 5.75 Å². The van der Waals surface area contributed by atoms with Crippen LogP contribution in [0.1, 0.15) is 9.67 Å². The number of nitrogens with one attached hydrogen (secondary N) is 1. The minimum Gasteiger partial charge on any atom is -0.497 e. The molecule has 4 nitrogen and oxygen atoms in total. The number of amides is 1. The van der Waals surface area contributed by atoms with Crippen molar-refractivity contribution >= 4 is 45.4 Å². The first-order valence-electron chi connectivity index (χ1n) is 6.17. The maximum absolute atomic E-state index is 12.2. The maximum atomic E-state index is 12.2. The molecule has 1 amide bonds. The highest BCUT2D eigenvalue weighted by molar-refractivity contribution is 7.18. The number of nitrogens with zero attached hydrogens (tertiary/aromatic N) is 1. The van der Waals surface area contributed by atoms with Crippen LogP contribution in [0.2, 0.25) is 4.34 Å². The fraction of sp³-hybridized carbons (Fsp3) is 0.0667. The van der Waals surface area contributed by atoms with Gasteiger partial charge in [-0.2, -0.15) is 0 Å². The molecule has 0 aliphatic heterocycles. The number of ether oxygens (including phenoxy) is 1. The number of thiophene rings is 1. The fourth-order valence-electron chi connectivity index (χ4n) is 2.00. The number of halogens is 1. The first kappa shape index (κ1) is 13.9. The number of aromatic nitrogens is 1. The highest BCUT2D eigenvalue weighted by Gasteiger charge is 2.12. The molecule has 0 fully saturated rings. The van der Waals surface area contributed by atoms with E-state index in [1.54, 1.807) is 31.5 Å². The molecule has 0 saturated heterocycles. The number of anilines is 1. The summed E-state index contributed by atoms with van der Waals surface area (Å²) < 4.78 is 5.83. The van der Waals surface area contributed by atoms with Crippen molar-refractivity contribution < 1.29 is 9.53 Å². The minimum absolute atomic E-state index is 0.216. The van der Waals surface area contributed by atoms with Gasteiger partial charge in [-0.3, -0.25) is 9.78 Å². The monoisotopic (exact) mass is 318 g/mol. The molecule has 0 aliphatic carbocycles. The predicted molar refractivity (Wildman–Crippen MR) is 85.6 cm³/mol. The molecule has 1 N–H and O–H groups in total. The molecule has 0 radical (unpaired) electrons. The largest absolute Gasteiger partial charge is 0.497 e. The van der Waals surface area contributed by atoms with E-state index >= 15 is 0 Å². The van der Waals surface area contributed by atoms with Gasteiger partial charge >= 0.3 is 0 Å². The normalized spacial score (nSPS) is 10.6. The molecule has 0 atom stereocenters. The van der Waals surface area contributed by atoms with E-state index < -0.39 is 0 Å². The Balaban J connectivity index is 2.01. The van der Waals surface area contributed by atoms with Gasteiger partial charge in [-0.1, -0.05) is 17.7 Å². The summed E-state index contributed by atoms with van der Waals surface area (Å²) in [6.07, 6.45) is 1.69. The first-order valence-corrected chi connectivity index (χ1v) is 7.36. The highest BCUT2D eigenvalue weighted by atomic mass is 35.5. The van der Waals surface area contributed by atoms with E-state index in [2.05, 4.69) is 10.3 Å². The Morgan fingerprint density at radius 3 is 2.90 bits per heavy atom. The summed E-state index contributed by atoms with van der Waals surface area (Å²) in [6.45, 7) is 0. The van der Waals surface area contributed by atoms with Gasteiger partial charge in [-0.15, -0.1) is 11.3 Å². The van der Waals surface area contributed by atoms with Gasteiger partial charge in [-0.25, -0.2) is 0 Å². The second-order valence-corrected chi connectivity index (χ2v) is 6.02. The summed E-state index contributed by atoms with van der Waals surface area (Å²) in [6, 6.07) is 10.8. The van der Waals surface area contributed by atoms with Crippen molar-refractivity contribution in [2.45, 2.75) is 0 Å². The van der Waals surface area contributed by atoms with Crippen LogP contribution in [0, 0.1) is 0 Å². The Bertz CT molecular complexity index is 816. The number of hydrogen-bond acceptors (Lipinski definition) is 4. The van der Waals surface area contributed by atoms with Crippen molar-refractivity contribution in [3.8, 4) is 5.75 Å². The molecule has 6 heteroatoms. The second-order valence-electron chi connectivity index (χ2n) is 4.31. The van der Waals surface area contributed by atoms with Crippen LogP contribution in [0.3, 0.4) is 0 Å². The van der Waals surface area contributed by atoms with Gasteiger partial charge in [-0.05, 0) is 24.3 Å². The van der Waals surface area contributed by atoms with E-state index in [1.165, 1.54) is 11.3 Å². The van der Waals surface area contributed by atoms with Crippen LogP contribution < -0.4 is 10.1 Å². The lowest BCUT2D eigenvalue weighted by molar-refractivity contribution is 0.103. The molecule has 0 bridgehead atoms. The Kier molecular flexibility index (Phi) is 3.77. The van der Waals surface area contributed by atoms with Crippen molar-refractivity contribution in [2.24, 2.45) is 0 Å². The zero-order valence-electron chi connectivity index (χ0n) is 11.1. The summed E-state index contributed by atoms with van der Waals surface area (Å²) in [5, 5.41) is 3.76. The molecule has 0 unspecified atom stereocenters. The Morgan fingerprint density at radius 1 is 1.33 bits per heavy atom. The second kappa shape index (κ2) is 5.71. The summed E-state index contributed by atoms with van der Waals surface area (Å²) in [5.74, 6) is 0.446. The Labute approximate surface area is 130 Å². The van der Waals surface area contributed by atoms with Crippen LogP contribution >= 0.6 is 22.9 Å². The molecule has 3 aromatic rings. The molecule has 0 spiro atoms. The molecule has 3 rings (SSSR count). The molecular weight excluding hydrogens is 308 g/mol. The van der Waals surface area contributed by atoms with Gasteiger partial charge in [0, 0.05) is 17.6 Å². The van der Waals surface area contributed by atoms with Gasteiger partial charge in [0.2, 0.25) is 0 Å². The van der Waals surface area contributed by atoms with Crippen LogP contribution in [-0.4, -0.2) is 18.0 Å². The van der Waals surface area contributed by atoms with E-state index in [0.717, 1.165) is 5.39 Å². The van der Waals surface area contributed by atoms with Crippen LogP contribution in [0.25, 0.3) is 10.9 Å². The topological polar surface area (TPSA) is 51.2 Å². The molecule has 106 valence electrons. The maximum Gasteiger partial charge on any atom is 0.265 e. The number of benzene rings is 1. The number of hydrogen-bond donors (Lipinski definition) is 1. The number of carbonyl (C=O) groups excluding carboxylic acids is 1. The average Bonchev–Trinajstić information content (AvgIpc) is 2.93. The zero-order valence-corrected chi connectivity index (χ0v) is 12.7. The number of pyridine rings is 1. The van der Waals surface area contributed by atoms with Gasteiger partial charge in [0.1, 0.15) is 5.75 Å². The van der Waals surface area contributed by atoms with Crippen molar-refractivity contribution in [1.29, 1.82) is 0 Å². The summed E-state index contributed by atoms with van der Waals surface area (Å²) in [4.78, 5) is 17.1. The number of fused-ring (bicyclic) bond motifs is 1. The van der Waals surface area contributed by atoms with E-state index in [0.29, 0.717) is 26.2 Å². The van der Waals surface area contributed by atoms with Crippen molar-refractivity contribution in [3.63, 3.8) is 0 Å². The lowest BCUT2D eigenvalue weighted by Gasteiger charge is -2.09. The molecule has 21 heavy (non-hydrogen) atoms. The summed E-state index contributed by atoms with van der Waals surface area (Å²) >= 11 is 7.09. The van der Waals surface area contributed by atoms with Gasteiger partial charge in [0.05, 0.1) is 27.5 Å². The number of methoxy groups -OCH3 is 1. The molecule has 2 heterocycles. The van der Waals surface area contributed by atoms with Crippen LogP contribution in [-0.2, 0) is 0 Å². The molecule has 0 aliphatic rings. The van der Waals surface area contributed by atoms with E-state index in [1.807, 2.05) is 18.2 Å². The summed E-state index contributed by atoms with van der Waals surface area (Å²) in [5.41, 5.74) is 1.33. The zero-order chi connectivity index (χ0) is 14.8. The lowest BCUT2D eigenvalue weighted by atomic mass is 10.1. The molecule has 0 saturated carbocycles. The van der Waals surface area contributed by atoms with Gasteiger partial charge in [0.25, 0.3) is 5.91 Å². The third kappa shape index (κ3) is 2.84. The Morgan fingerprint density at radius 2 is 2.19 bits per heavy atom. The molecule has 1 aromatic carbocycles. The first-order chi connectivity index (χ1) is 10.2. The average molecular weight is 319 g/mol. The van der Waals surface area contributed by atoms with Crippen molar-refractivity contribution in [3.05, 3.63) is 51.8 Å². The van der Waals surface area contributed by atoms with Crippen molar-refractivity contribution in [2.75, 3.05) is 12.4 Å². The SMILES string of the molecule is COc1cc(NC(=O)c2ccc(Cl)s2)c2ncccc2c1. The Hall–Kier alpha value is -2.11. The number of rotatable bonds is 3. The van der Waals surface area contributed by atoms with Gasteiger partial charge in [0.15, 0.2) is 0 Å².